The molecule has 9 nitrogen and oxygen atoms in total. The molecule has 1 saturated heterocycles. The van der Waals surface area contributed by atoms with Crippen LogP contribution in [0.1, 0.15) is 50.8 Å². The number of rotatable bonds is 5. The van der Waals surface area contributed by atoms with E-state index in [1.165, 1.54) is 5.56 Å². The molecule has 0 N–H and O–H groups in total. The number of piperidine rings is 1. The molecule has 2 aromatic heterocycles. The quantitative estimate of drug-likeness (QED) is 0.601. The Balaban J connectivity index is 1.26. The lowest BCUT2D eigenvalue weighted by Gasteiger charge is -2.33. The number of nitrogens with zero attached hydrogens (tertiary/aromatic N) is 6. The van der Waals surface area contributed by atoms with Crippen LogP contribution < -0.4 is 4.74 Å². The molecular weight excluding hydrogens is 408 g/mol. The lowest BCUT2D eigenvalue weighted by Crippen LogP contribution is -2.41. The van der Waals surface area contributed by atoms with Crippen molar-refractivity contribution in [1.82, 2.24) is 30.1 Å². The number of ether oxygens (including phenoxy) is 2. The maximum absolute atomic E-state index is 12.2. The second-order valence-electron chi connectivity index (χ2n) is 8.86. The Kier molecular flexibility index (Phi) is 6.34. The van der Waals surface area contributed by atoms with Crippen LogP contribution in [0.15, 0.2) is 48.9 Å². The van der Waals surface area contributed by atoms with Crippen molar-refractivity contribution in [1.29, 1.82) is 0 Å². The van der Waals surface area contributed by atoms with Crippen LogP contribution >= 0.6 is 0 Å². The molecule has 3 aromatic rings. The number of carbonyl (C=O) groups is 1. The molecule has 1 amide bonds. The summed E-state index contributed by atoms with van der Waals surface area (Å²) >= 11 is 0. The van der Waals surface area contributed by atoms with E-state index in [1.807, 2.05) is 57.3 Å². The molecule has 9 heteroatoms. The first-order chi connectivity index (χ1) is 15.4. The molecule has 32 heavy (non-hydrogen) atoms. The smallest absolute Gasteiger partial charge is 0.410 e. The summed E-state index contributed by atoms with van der Waals surface area (Å²) in [6, 6.07) is 11.7. The van der Waals surface area contributed by atoms with Gasteiger partial charge in [-0.2, -0.15) is 0 Å². The lowest BCUT2D eigenvalue weighted by molar-refractivity contribution is 0.0205. The summed E-state index contributed by atoms with van der Waals surface area (Å²) in [6.45, 7) is 7.46. The van der Waals surface area contributed by atoms with Crippen LogP contribution in [0.2, 0.25) is 0 Å². The molecular formula is C23H28N6O3. The predicted molar refractivity (Wildman–Crippen MR) is 118 cm³/mol. The van der Waals surface area contributed by atoms with Crippen LogP contribution in [0.3, 0.4) is 0 Å². The Morgan fingerprint density at radius 1 is 1.09 bits per heavy atom. The van der Waals surface area contributed by atoms with Gasteiger partial charge in [0.15, 0.2) is 0 Å². The highest BCUT2D eigenvalue weighted by molar-refractivity contribution is 5.68. The van der Waals surface area contributed by atoms with Gasteiger partial charge in [-0.25, -0.2) is 9.48 Å². The maximum Gasteiger partial charge on any atom is 0.410 e. The van der Waals surface area contributed by atoms with Crippen molar-refractivity contribution in [3.8, 4) is 11.4 Å². The van der Waals surface area contributed by atoms with Crippen molar-refractivity contribution in [2.24, 2.45) is 0 Å². The molecule has 0 radical (unpaired) electrons. The second-order valence-corrected chi connectivity index (χ2v) is 8.86. The average Bonchev–Trinajstić information content (AvgIpc) is 3.32. The highest BCUT2D eigenvalue weighted by atomic mass is 16.6. The number of carbonyl (C=O) groups excluding carboxylic acids is 1. The van der Waals surface area contributed by atoms with Gasteiger partial charge in [0.1, 0.15) is 24.3 Å². The molecule has 4 rings (SSSR count). The zero-order chi connectivity index (χ0) is 22.6. The molecule has 0 saturated carbocycles. The van der Waals surface area contributed by atoms with E-state index in [4.69, 9.17) is 9.47 Å². The monoisotopic (exact) mass is 436 g/mol. The molecule has 1 aliphatic heterocycles. The number of likely N-dealkylation sites (tertiary alicyclic amines) is 1. The first kappa shape index (κ1) is 21.7. The van der Waals surface area contributed by atoms with Crippen molar-refractivity contribution in [2.45, 2.75) is 51.7 Å². The summed E-state index contributed by atoms with van der Waals surface area (Å²) in [5.74, 6) is 1.15. The van der Waals surface area contributed by atoms with Gasteiger partial charge < -0.3 is 14.4 Å². The first-order valence-corrected chi connectivity index (χ1v) is 10.8. The summed E-state index contributed by atoms with van der Waals surface area (Å²) in [4.78, 5) is 18.6. The van der Waals surface area contributed by atoms with Crippen molar-refractivity contribution >= 4 is 6.09 Å². The van der Waals surface area contributed by atoms with Crippen molar-refractivity contribution in [3.63, 3.8) is 0 Å². The van der Waals surface area contributed by atoms with Crippen LogP contribution in [-0.2, 0) is 11.3 Å². The minimum absolute atomic E-state index is 0.229. The minimum Gasteiger partial charge on any atom is -0.487 e. The molecule has 1 aromatic carbocycles. The molecule has 0 spiro atoms. The van der Waals surface area contributed by atoms with E-state index in [9.17, 15) is 4.79 Å². The van der Waals surface area contributed by atoms with E-state index in [0.717, 1.165) is 30.0 Å². The Hall–Kier alpha value is -3.49. The molecule has 0 bridgehead atoms. The number of aromatic nitrogens is 5. The first-order valence-electron chi connectivity index (χ1n) is 10.8. The van der Waals surface area contributed by atoms with Crippen molar-refractivity contribution in [2.75, 3.05) is 13.1 Å². The Morgan fingerprint density at radius 3 is 2.44 bits per heavy atom. The summed E-state index contributed by atoms with van der Waals surface area (Å²) in [5.41, 5.74) is 2.46. The van der Waals surface area contributed by atoms with Gasteiger partial charge in [0.25, 0.3) is 0 Å². The van der Waals surface area contributed by atoms with Crippen LogP contribution in [0.25, 0.3) is 5.69 Å². The number of tetrazole rings is 1. The molecule has 1 aliphatic rings. The van der Waals surface area contributed by atoms with Crippen molar-refractivity contribution < 1.29 is 14.3 Å². The number of hydrogen-bond acceptors (Lipinski definition) is 7. The van der Waals surface area contributed by atoms with Crippen LogP contribution in [0.4, 0.5) is 4.79 Å². The van der Waals surface area contributed by atoms with E-state index < -0.39 is 5.60 Å². The van der Waals surface area contributed by atoms with Gasteiger partial charge in [0, 0.05) is 19.3 Å². The lowest BCUT2D eigenvalue weighted by atomic mass is 9.90. The molecule has 0 unspecified atom stereocenters. The summed E-state index contributed by atoms with van der Waals surface area (Å²) in [5, 5.41) is 11.1. The van der Waals surface area contributed by atoms with E-state index in [0.29, 0.717) is 25.6 Å². The zero-order valence-corrected chi connectivity index (χ0v) is 18.6. The van der Waals surface area contributed by atoms with E-state index in [2.05, 4.69) is 26.6 Å². The van der Waals surface area contributed by atoms with Gasteiger partial charge in [-0.15, -0.1) is 5.10 Å². The van der Waals surface area contributed by atoms with Gasteiger partial charge in [0.2, 0.25) is 0 Å². The van der Waals surface area contributed by atoms with Gasteiger partial charge >= 0.3 is 6.09 Å². The fourth-order valence-corrected chi connectivity index (χ4v) is 3.62. The zero-order valence-electron chi connectivity index (χ0n) is 18.6. The SMILES string of the molecule is CC(C)(C)OC(=O)N1CCC(c2ccc(COc3ccc(-n4cnnn4)cc3)nc2)CC1. The normalized spacial score (nSPS) is 14.9. The predicted octanol–water partition coefficient (Wildman–Crippen LogP) is 3.75. The standard InChI is InChI=1S/C23H28N6O3/c1-23(2,3)32-22(30)28-12-10-17(11-13-28)18-4-5-19(24-14-18)15-31-21-8-6-20(7-9-21)29-16-25-26-27-29/h4-9,14,16-17H,10-13,15H2,1-3H3. The number of pyridine rings is 1. The highest BCUT2D eigenvalue weighted by Gasteiger charge is 2.27. The Labute approximate surface area is 187 Å². The molecule has 168 valence electrons. The Bertz CT molecular complexity index is 1010. The van der Waals surface area contributed by atoms with Crippen molar-refractivity contribution in [3.05, 3.63) is 60.2 Å². The number of benzene rings is 1. The third kappa shape index (κ3) is 5.60. The van der Waals surface area contributed by atoms with Gasteiger partial charge in [0.05, 0.1) is 11.4 Å². The molecule has 1 fully saturated rings. The van der Waals surface area contributed by atoms with Gasteiger partial charge in [-0.1, -0.05) is 6.07 Å². The third-order valence-corrected chi connectivity index (χ3v) is 5.30. The molecule has 0 aliphatic carbocycles. The number of amides is 1. The van der Waals surface area contributed by atoms with Crippen LogP contribution in [0, 0.1) is 0 Å². The van der Waals surface area contributed by atoms with E-state index in [1.54, 1.807) is 15.9 Å². The summed E-state index contributed by atoms with van der Waals surface area (Å²) < 4.78 is 12.9. The summed E-state index contributed by atoms with van der Waals surface area (Å²) in [6.07, 6.45) is 5.05. The summed E-state index contributed by atoms with van der Waals surface area (Å²) in [7, 11) is 0. The van der Waals surface area contributed by atoms with Gasteiger partial charge in [-0.3, -0.25) is 4.98 Å². The van der Waals surface area contributed by atoms with Crippen LogP contribution in [0.5, 0.6) is 5.75 Å². The van der Waals surface area contributed by atoms with E-state index >= 15 is 0 Å². The Morgan fingerprint density at radius 2 is 1.84 bits per heavy atom. The maximum atomic E-state index is 12.2. The number of hydrogen-bond donors (Lipinski definition) is 0. The third-order valence-electron chi connectivity index (χ3n) is 5.30. The fourth-order valence-electron chi connectivity index (χ4n) is 3.62. The highest BCUT2D eigenvalue weighted by Crippen LogP contribution is 2.28. The average molecular weight is 437 g/mol. The topological polar surface area (TPSA) is 95.3 Å². The van der Waals surface area contributed by atoms with Gasteiger partial charge in [-0.05, 0) is 85.9 Å². The second kappa shape index (κ2) is 9.33. The fraction of sp³-hybridized carbons (Fsp3) is 0.435. The van der Waals surface area contributed by atoms with E-state index in [-0.39, 0.29) is 6.09 Å². The molecule has 0 atom stereocenters. The molecule has 3 heterocycles. The minimum atomic E-state index is -0.466. The largest absolute Gasteiger partial charge is 0.487 e. The van der Waals surface area contributed by atoms with Crippen LogP contribution in [-0.4, -0.2) is 54.9 Å².